The molecule has 2 aromatic rings. The maximum atomic E-state index is 2.35. The second-order valence-corrected chi connectivity index (χ2v) is 5.14. The van der Waals surface area contributed by atoms with Gasteiger partial charge >= 0.3 is 0 Å². The summed E-state index contributed by atoms with van der Waals surface area (Å²) < 4.78 is 1.04. The van der Waals surface area contributed by atoms with E-state index >= 15 is 0 Å². The minimum Gasteiger partial charge on any atom is -1.00 e. The number of para-hydroxylation sites is 1. The van der Waals surface area contributed by atoms with Crippen molar-refractivity contribution in [2.24, 2.45) is 0 Å². The van der Waals surface area contributed by atoms with Crippen molar-refractivity contribution in [3.05, 3.63) is 65.7 Å². The molecule has 1 aliphatic heterocycles. The fourth-order valence-electron chi connectivity index (χ4n) is 2.89. The summed E-state index contributed by atoms with van der Waals surface area (Å²) in [5.41, 5.74) is 4.44. The first kappa shape index (κ1) is 19.3. The SMILES string of the molecule is C[N+]1(Cc2ccccc2)CCc2ccccc21.[Br-].[Br-].[NH4+]. The van der Waals surface area contributed by atoms with Gasteiger partial charge in [-0.05, 0) is 6.07 Å². The van der Waals surface area contributed by atoms with Gasteiger partial charge in [0.05, 0.1) is 13.6 Å². The summed E-state index contributed by atoms with van der Waals surface area (Å²) in [5, 5.41) is 0. The third-order valence-corrected chi connectivity index (χ3v) is 3.82. The Labute approximate surface area is 142 Å². The Bertz CT molecular complexity index is 531. The number of likely N-dealkylation sites (N-methyl/N-ethyl adjacent to an activating group) is 1. The molecule has 1 unspecified atom stereocenters. The van der Waals surface area contributed by atoms with Crippen molar-refractivity contribution in [1.82, 2.24) is 10.6 Å². The highest BCUT2D eigenvalue weighted by molar-refractivity contribution is 5.54. The highest BCUT2D eigenvalue weighted by Crippen LogP contribution is 2.34. The summed E-state index contributed by atoms with van der Waals surface area (Å²) in [4.78, 5) is 0. The third kappa shape index (κ3) is 3.70. The molecule has 0 radical (unpaired) electrons. The molecule has 0 bridgehead atoms. The van der Waals surface area contributed by atoms with Crippen molar-refractivity contribution in [2.45, 2.75) is 13.0 Å². The molecule has 0 amide bonds. The molecule has 1 aliphatic rings. The molecule has 0 aromatic heterocycles. The Balaban J connectivity index is 0.00000120. The molecular weight excluding hydrogens is 380 g/mol. The van der Waals surface area contributed by atoms with E-state index in [0.717, 1.165) is 11.0 Å². The standard InChI is InChI=1S/C16H18N.2BrH.H3N/c1-17(13-14-7-3-2-4-8-14)12-11-15-9-5-6-10-16(15)17;;;/h2-10H,11-13H2,1H3;2*1H;1H3/q+1;;;/p-1. The van der Waals surface area contributed by atoms with Gasteiger partial charge in [-0.2, -0.15) is 0 Å². The Hall–Kier alpha value is -0.680. The number of hydrogen-bond donors (Lipinski definition) is 1. The second-order valence-electron chi connectivity index (χ2n) is 5.14. The van der Waals surface area contributed by atoms with Gasteiger partial charge in [-0.3, -0.25) is 4.48 Å². The fourth-order valence-corrected chi connectivity index (χ4v) is 2.89. The van der Waals surface area contributed by atoms with Crippen LogP contribution in [0.1, 0.15) is 11.1 Å². The van der Waals surface area contributed by atoms with E-state index in [1.807, 2.05) is 0 Å². The van der Waals surface area contributed by atoms with Crippen LogP contribution in [0.3, 0.4) is 0 Å². The van der Waals surface area contributed by atoms with E-state index in [4.69, 9.17) is 0 Å². The normalized spacial score (nSPS) is 19.1. The van der Waals surface area contributed by atoms with Crippen molar-refractivity contribution >= 4 is 5.69 Å². The van der Waals surface area contributed by atoms with Crippen LogP contribution in [0.25, 0.3) is 0 Å². The lowest BCUT2D eigenvalue weighted by molar-refractivity contribution is -0.001000. The summed E-state index contributed by atoms with van der Waals surface area (Å²) in [6.07, 6.45) is 1.21. The monoisotopic (exact) mass is 400 g/mol. The van der Waals surface area contributed by atoms with Crippen LogP contribution in [0.2, 0.25) is 0 Å². The largest absolute Gasteiger partial charge is 1.00 e. The molecule has 2 aromatic carbocycles. The number of hydrogen-bond acceptors (Lipinski definition) is 0. The average molecular weight is 402 g/mol. The summed E-state index contributed by atoms with van der Waals surface area (Å²) in [7, 11) is 2.35. The Morgan fingerprint density at radius 1 is 0.900 bits per heavy atom. The Morgan fingerprint density at radius 3 is 2.20 bits per heavy atom. The van der Waals surface area contributed by atoms with Crippen LogP contribution in [-0.2, 0) is 13.0 Å². The van der Waals surface area contributed by atoms with Gasteiger partial charge in [-0.25, -0.2) is 0 Å². The molecule has 110 valence electrons. The smallest absolute Gasteiger partial charge is 0.136 e. The maximum Gasteiger partial charge on any atom is 0.136 e. The van der Waals surface area contributed by atoms with Crippen LogP contribution in [0.4, 0.5) is 5.69 Å². The highest BCUT2D eigenvalue weighted by atomic mass is 79.9. The Morgan fingerprint density at radius 2 is 1.50 bits per heavy atom. The summed E-state index contributed by atoms with van der Waals surface area (Å²) >= 11 is 0. The number of rotatable bonds is 2. The van der Waals surface area contributed by atoms with Gasteiger partial charge in [0.25, 0.3) is 0 Å². The van der Waals surface area contributed by atoms with Gasteiger partial charge < -0.3 is 40.1 Å². The van der Waals surface area contributed by atoms with Gasteiger partial charge in [-0.1, -0.05) is 48.5 Å². The van der Waals surface area contributed by atoms with Crippen molar-refractivity contribution in [3.8, 4) is 0 Å². The molecule has 1 heterocycles. The van der Waals surface area contributed by atoms with E-state index in [0.29, 0.717) is 0 Å². The maximum absolute atomic E-state index is 2.35. The van der Waals surface area contributed by atoms with Crippen LogP contribution < -0.4 is 44.6 Å². The molecule has 4 heteroatoms. The molecule has 0 aliphatic carbocycles. The van der Waals surface area contributed by atoms with Gasteiger partial charge in [0.15, 0.2) is 0 Å². The van der Waals surface area contributed by atoms with Crippen LogP contribution in [-0.4, -0.2) is 13.6 Å². The zero-order valence-electron chi connectivity index (χ0n) is 12.0. The molecule has 20 heavy (non-hydrogen) atoms. The molecule has 0 saturated heterocycles. The van der Waals surface area contributed by atoms with Crippen LogP contribution in [0.15, 0.2) is 54.6 Å². The number of benzene rings is 2. The minimum absolute atomic E-state index is 0. The summed E-state index contributed by atoms with van der Waals surface area (Å²) in [5.74, 6) is 0. The van der Waals surface area contributed by atoms with E-state index in [9.17, 15) is 0 Å². The summed E-state index contributed by atoms with van der Waals surface area (Å²) in [6, 6.07) is 19.7. The number of quaternary nitrogens is 2. The zero-order chi connectivity index (χ0) is 11.7. The van der Waals surface area contributed by atoms with E-state index < -0.39 is 0 Å². The zero-order valence-corrected chi connectivity index (χ0v) is 15.2. The molecular formula is C16H22Br2N2. The molecule has 0 saturated carbocycles. The molecule has 0 spiro atoms. The molecule has 3 rings (SSSR count). The minimum atomic E-state index is 0. The molecule has 1 atom stereocenters. The van der Waals surface area contributed by atoms with E-state index in [1.54, 1.807) is 0 Å². The number of nitrogens with zero attached hydrogens (tertiary/aromatic N) is 1. The Kier molecular flexibility index (Phi) is 7.66. The quantitative estimate of drug-likeness (QED) is 0.553. The van der Waals surface area contributed by atoms with Gasteiger partial charge in [0, 0.05) is 17.5 Å². The lowest BCUT2D eigenvalue weighted by Crippen LogP contribution is -3.00. The molecule has 0 fully saturated rings. The van der Waals surface area contributed by atoms with Crippen LogP contribution >= 0.6 is 0 Å². The summed E-state index contributed by atoms with van der Waals surface area (Å²) in [6.45, 7) is 2.31. The van der Waals surface area contributed by atoms with Crippen molar-refractivity contribution in [1.29, 1.82) is 0 Å². The van der Waals surface area contributed by atoms with E-state index in [1.165, 1.54) is 29.8 Å². The fraction of sp³-hybridized carbons (Fsp3) is 0.250. The topological polar surface area (TPSA) is 36.5 Å². The number of halogens is 2. The predicted octanol–water partition coefficient (Wildman–Crippen LogP) is -2.24. The van der Waals surface area contributed by atoms with Crippen molar-refractivity contribution in [3.63, 3.8) is 0 Å². The van der Waals surface area contributed by atoms with E-state index in [2.05, 4.69) is 61.6 Å². The molecule has 2 nitrogen and oxygen atoms in total. The van der Waals surface area contributed by atoms with Gasteiger partial charge in [0.2, 0.25) is 0 Å². The third-order valence-electron chi connectivity index (χ3n) is 3.82. The van der Waals surface area contributed by atoms with Crippen LogP contribution in [0.5, 0.6) is 0 Å². The average Bonchev–Trinajstić information content (AvgIpc) is 2.69. The first-order valence-corrected chi connectivity index (χ1v) is 6.25. The van der Waals surface area contributed by atoms with Gasteiger partial charge in [-0.15, -0.1) is 0 Å². The first-order chi connectivity index (χ1) is 8.28. The predicted molar refractivity (Wildman–Crippen MR) is 78.9 cm³/mol. The lowest BCUT2D eigenvalue weighted by atomic mass is 10.1. The second kappa shape index (κ2) is 7.93. The highest BCUT2D eigenvalue weighted by Gasteiger charge is 2.33. The van der Waals surface area contributed by atoms with Crippen molar-refractivity contribution in [2.75, 3.05) is 13.6 Å². The van der Waals surface area contributed by atoms with Gasteiger partial charge in [0.1, 0.15) is 12.2 Å². The molecule has 4 N–H and O–H groups in total. The van der Waals surface area contributed by atoms with Crippen LogP contribution in [0, 0.1) is 0 Å². The lowest BCUT2D eigenvalue weighted by Gasteiger charge is -2.29. The first-order valence-electron chi connectivity index (χ1n) is 6.25. The number of fused-ring (bicyclic) bond motifs is 1. The van der Waals surface area contributed by atoms with Crippen molar-refractivity contribution < 1.29 is 34.0 Å². The van der Waals surface area contributed by atoms with E-state index in [-0.39, 0.29) is 40.1 Å².